The molecule has 0 fully saturated rings. The van der Waals surface area contributed by atoms with E-state index in [1.807, 2.05) is 25.1 Å². The Balaban J connectivity index is 1.90. The molecule has 6 heteroatoms. The van der Waals surface area contributed by atoms with Gasteiger partial charge in [-0.05, 0) is 48.9 Å². The van der Waals surface area contributed by atoms with Crippen molar-refractivity contribution in [3.8, 4) is 5.75 Å². The van der Waals surface area contributed by atoms with Crippen LogP contribution in [0.2, 0.25) is 0 Å². The highest BCUT2D eigenvalue weighted by Gasteiger charge is 2.08. The van der Waals surface area contributed by atoms with E-state index >= 15 is 0 Å². The highest BCUT2D eigenvalue weighted by Crippen LogP contribution is 2.23. The quantitative estimate of drug-likeness (QED) is 0.586. The molecular formula is C21H25N3O3. The molecule has 0 aliphatic carbocycles. The van der Waals surface area contributed by atoms with Crippen LogP contribution in [-0.2, 0) is 9.59 Å². The lowest BCUT2D eigenvalue weighted by molar-refractivity contribution is -0.116. The summed E-state index contributed by atoms with van der Waals surface area (Å²) in [5.41, 5.74) is 3.11. The topological polar surface area (TPSA) is 79.5 Å². The van der Waals surface area contributed by atoms with Gasteiger partial charge in [-0.25, -0.2) is 0 Å². The van der Waals surface area contributed by atoms with Gasteiger partial charge in [0.05, 0.1) is 6.54 Å². The second-order valence-electron chi connectivity index (χ2n) is 5.91. The first-order chi connectivity index (χ1) is 13.0. The van der Waals surface area contributed by atoms with Gasteiger partial charge < -0.3 is 20.7 Å². The molecule has 6 nitrogen and oxygen atoms in total. The maximum atomic E-state index is 12.2. The molecule has 0 saturated heterocycles. The predicted octanol–water partition coefficient (Wildman–Crippen LogP) is 3.96. The van der Waals surface area contributed by atoms with Crippen molar-refractivity contribution in [2.45, 2.75) is 20.3 Å². The minimum Gasteiger partial charge on any atom is -0.490 e. The van der Waals surface area contributed by atoms with E-state index in [9.17, 15) is 9.59 Å². The average molecular weight is 367 g/mol. The van der Waals surface area contributed by atoms with Crippen LogP contribution in [0, 0.1) is 6.92 Å². The van der Waals surface area contributed by atoms with Crippen LogP contribution in [-0.4, -0.2) is 25.0 Å². The molecular weight excluding hydrogens is 342 g/mol. The largest absolute Gasteiger partial charge is 0.490 e. The Kier molecular flexibility index (Phi) is 7.43. The second kappa shape index (κ2) is 10.0. The van der Waals surface area contributed by atoms with E-state index in [-0.39, 0.29) is 18.4 Å². The fourth-order valence-electron chi connectivity index (χ4n) is 2.37. The zero-order valence-corrected chi connectivity index (χ0v) is 15.7. The summed E-state index contributed by atoms with van der Waals surface area (Å²) in [6.07, 6.45) is 2.09. The van der Waals surface area contributed by atoms with Gasteiger partial charge in [-0.15, -0.1) is 0 Å². The third-order valence-corrected chi connectivity index (χ3v) is 3.87. The molecule has 0 unspecified atom stereocenters. The lowest BCUT2D eigenvalue weighted by Gasteiger charge is -2.14. The number of amides is 2. The van der Waals surface area contributed by atoms with Gasteiger partial charge in [-0.1, -0.05) is 25.6 Å². The first-order valence-corrected chi connectivity index (χ1v) is 8.80. The van der Waals surface area contributed by atoms with Gasteiger partial charge in [-0.3, -0.25) is 9.59 Å². The maximum Gasteiger partial charge on any atom is 0.243 e. The monoisotopic (exact) mass is 367 g/mol. The molecule has 0 saturated carbocycles. The van der Waals surface area contributed by atoms with Crippen molar-refractivity contribution in [3.63, 3.8) is 0 Å². The summed E-state index contributed by atoms with van der Waals surface area (Å²) in [5, 5.41) is 8.78. The zero-order valence-electron chi connectivity index (χ0n) is 15.7. The van der Waals surface area contributed by atoms with Gasteiger partial charge >= 0.3 is 0 Å². The van der Waals surface area contributed by atoms with Crippen LogP contribution in [0.3, 0.4) is 0 Å². The Hall–Kier alpha value is -3.28. The summed E-state index contributed by atoms with van der Waals surface area (Å²) < 4.78 is 5.41. The van der Waals surface area contributed by atoms with Crippen molar-refractivity contribution in [2.75, 3.05) is 29.1 Å². The van der Waals surface area contributed by atoms with Gasteiger partial charge in [0.1, 0.15) is 12.4 Å². The van der Waals surface area contributed by atoms with Gasteiger partial charge in [-0.2, -0.15) is 0 Å². The molecule has 0 spiro atoms. The smallest absolute Gasteiger partial charge is 0.243 e. The molecule has 27 heavy (non-hydrogen) atoms. The molecule has 0 aromatic heterocycles. The van der Waals surface area contributed by atoms with Crippen LogP contribution in [0.1, 0.15) is 18.9 Å². The minimum atomic E-state index is -0.169. The summed E-state index contributed by atoms with van der Waals surface area (Å²) in [6.45, 7) is 7.84. The summed E-state index contributed by atoms with van der Waals surface area (Å²) in [6, 6.07) is 12.7. The Morgan fingerprint density at radius 3 is 2.41 bits per heavy atom. The van der Waals surface area contributed by atoms with Gasteiger partial charge in [0.15, 0.2) is 0 Å². The van der Waals surface area contributed by atoms with Crippen molar-refractivity contribution in [3.05, 3.63) is 60.7 Å². The number of nitrogens with one attached hydrogen (secondary N) is 3. The number of ether oxygens (including phenoxy) is 1. The van der Waals surface area contributed by atoms with Crippen molar-refractivity contribution < 1.29 is 14.3 Å². The molecule has 142 valence electrons. The first-order valence-electron chi connectivity index (χ1n) is 8.80. The highest BCUT2D eigenvalue weighted by atomic mass is 16.5. The minimum absolute atomic E-state index is 0.0477. The van der Waals surface area contributed by atoms with E-state index < -0.39 is 0 Å². The van der Waals surface area contributed by atoms with Gasteiger partial charge in [0.25, 0.3) is 0 Å². The fraction of sp³-hybridized carbons (Fsp3) is 0.238. The molecule has 0 atom stereocenters. The van der Waals surface area contributed by atoms with E-state index in [0.29, 0.717) is 24.5 Å². The number of carbonyl (C=O) groups excluding carboxylic acids is 2. The Bertz CT molecular complexity index is 801. The highest BCUT2D eigenvalue weighted by molar-refractivity contribution is 5.95. The predicted molar refractivity (Wildman–Crippen MR) is 109 cm³/mol. The number of hydrogen-bond acceptors (Lipinski definition) is 4. The number of hydrogen-bond donors (Lipinski definition) is 3. The molecule has 2 amide bonds. The van der Waals surface area contributed by atoms with Crippen molar-refractivity contribution in [1.82, 2.24) is 0 Å². The standard InChI is InChI=1S/C21H25N3O3/c1-4-13-27-17-11-9-16(10-12-17)23-21(26)14-22-18-7-6-8-19(15(18)3)24-20(25)5-2/h4,6-12,22H,1,5,13-14H2,2-3H3,(H,23,26)(H,24,25). The molecule has 0 aliphatic rings. The summed E-state index contributed by atoms with van der Waals surface area (Å²) in [4.78, 5) is 23.8. The van der Waals surface area contributed by atoms with Crippen LogP contribution >= 0.6 is 0 Å². The number of carbonyl (C=O) groups is 2. The third kappa shape index (κ3) is 6.18. The van der Waals surface area contributed by atoms with Crippen LogP contribution in [0.25, 0.3) is 0 Å². The summed E-state index contributed by atoms with van der Waals surface area (Å²) in [7, 11) is 0. The van der Waals surface area contributed by atoms with Crippen molar-refractivity contribution in [2.24, 2.45) is 0 Å². The first kappa shape index (κ1) is 20.0. The van der Waals surface area contributed by atoms with Crippen LogP contribution in [0.15, 0.2) is 55.1 Å². The molecule has 2 aromatic carbocycles. The SMILES string of the molecule is C=CCOc1ccc(NC(=O)CNc2cccc(NC(=O)CC)c2C)cc1. The average Bonchev–Trinajstić information content (AvgIpc) is 2.68. The van der Waals surface area contributed by atoms with Crippen molar-refractivity contribution in [1.29, 1.82) is 0 Å². The molecule has 0 radical (unpaired) electrons. The zero-order chi connectivity index (χ0) is 19.6. The van der Waals surface area contributed by atoms with Crippen LogP contribution < -0.4 is 20.7 Å². The Morgan fingerprint density at radius 2 is 1.74 bits per heavy atom. The van der Waals surface area contributed by atoms with Gasteiger partial charge in [0, 0.05) is 23.5 Å². The Morgan fingerprint density at radius 1 is 1.04 bits per heavy atom. The lowest BCUT2D eigenvalue weighted by atomic mass is 10.1. The van der Waals surface area contributed by atoms with E-state index in [2.05, 4.69) is 22.5 Å². The van der Waals surface area contributed by atoms with Crippen LogP contribution in [0.5, 0.6) is 5.75 Å². The molecule has 2 aromatic rings. The normalized spacial score (nSPS) is 10.0. The number of benzene rings is 2. The summed E-state index contributed by atoms with van der Waals surface area (Å²) in [5.74, 6) is 0.498. The number of rotatable bonds is 9. The molecule has 0 bridgehead atoms. The van der Waals surface area contributed by atoms with Crippen molar-refractivity contribution >= 4 is 28.9 Å². The maximum absolute atomic E-state index is 12.2. The molecule has 3 N–H and O–H groups in total. The second-order valence-corrected chi connectivity index (χ2v) is 5.91. The number of anilines is 3. The lowest BCUT2D eigenvalue weighted by Crippen LogP contribution is -2.22. The van der Waals surface area contributed by atoms with E-state index in [4.69, 9.17) is 4.74 Å². The van der Waals surface area contributed by atoms with Gasteiger partial charge in [0.2, 0.25) is 11.8 Å². The Labute approximate surface area is 159 Å². The summed E-state index contributed by atoms with van der Waals surface area (Å²) >= 11 is 0. The molecule has 0 heterocycles. The molecule has 0 aliphatic heterocycles. The van der Waals surface area contributed by atoms with E-state index in [1.165, 1.54) is 0 Å². The fourth-order valence-corrected chi connectivity index (χ4v) is 2.37. The third-order valence-electron chi connectivity index (χ3n) is 3.87. The van der Waals surface area contributed by atoms with E-state index in [1.54, 1.807) is 37.3 Å². The molecule has 2 rings (SSSR count). The van der Waals surface area contributed by atoms with Crippen LogP contribution in [0.4, 0.5) is 17.1 Å². The van der Waals surface area contributed by atoms with E-state index in [0.717, 1.165) is 16.9 Å².